The Morgan fingerprint density at radius 1 is 1.27 bits per heavy atom. The second-order valence-electron chi connectivity index (χ2n) is 7.78. The molecule has 20 heteroatoms. The number of hydrogen-bond donors (Lipinski definition) is 7. The van der Waals surface area contributed by atoms with Crippen molar-refractivity contribution in [2.75, 3.05) is 17.9 Å². The number of aliphatic hydroxyl groups is 2. The van der Waals surface area contributed by atoms with Crippen LogP contribution in [0.15, 0.2) is 34.4 Å². The number of aromatic amines is 1. The van der Waals surface area contributed by atoms with Gasteiger partial charge in [-0.15, -0.1) is 0 Å². The Morgan fingerprint density at radius 3 is 2.73 bits per heavy atom. The van der Waals surface area contributed by atoms with Gasteiger partial charge in [0.05, 0.1) is 30.0 Å². The van der Waals surface area contributed by atoms with Gasteiger partial charge in [0, 0.05) is 6.20 Å². The highest BCUT2D eigenvalue weighted by molar-refractivity contribution is 7.70. The maximum absolute atomic E-state index is 11.9. The summed E-state index contributed by atoms with van der Waals surface area (Å²) in [6.45, 7) is -0.766. The Balaban J connectivity index is 1.53. The summed E-state index contributed by atoms with van der Waals surface area (Å²) in [5, 5.41) is 28.9. The van der Waals surface area contributed by atoms with E-state index in [1.807, 2.05) is 0 Å². The van der Waals surface area contributed by atoms with Gasteiger partial charge in [-0.25, -0.2) is 4.68 Å². The van der Waals surface area contributed by atoms with Crippen molar-refractivity contribution in [1.29, 1.82) is 0 Å². The van der Waals surface area contributed by atoms with Gasteiger partial charge in [-0.2, -0.15) is 20.2 Å². The van der Waals surface area contributed by atoms with Crippen LogP contribution in [-0.4, -0.2) is 86.7 Å². The van der Waals surface area contributed by atoms with Crippen molar-refractivity contribution < 1.29 is 43.3 Å². The van der Waals surface area contributed by atoms with Gasteiger partial charge in [-0.05, 0) is 23.7 Å². The molecule has 0 saturated carbocycles. The molecule has 1 fully saturated rings. The molecule has 0 spiro atoms. The molecule has 1 aliphatic rings. The molecule has 3 aromatic rings. The standard InChI is InChI=1S/C17H20ClN7O10P2/c18-17-22-13(24-20-4-8-2-1-3-19-15(8)28)9-5-21-25(14(9)23-17)16-12(27)11(26)10(35-16)6-34-37(32,33)7-36(29,30)31/h1-5,10-12,16,26-27H,6-7H2,(H,19,28)(H,32,33)(H,22,23,24)(H2,29,30,31)/b20-4+/t10-,11-,12-,16-/m1/s1. The minimum absolute atomic E-state index is 0.0578. The number of aliphatic hydroxyl groups excluding tert-OH is 2. The predicted octanol–water partition coefficient (Wildman–Crippen LogP) is -0.430. The lowest BCUT2D eigenvalue weighted by atomic mass is 10.1. The van der Waals surface area contributed by atoms with Crippen LogP contribution in [0.4, 0.5) is 5.82 Å². The van der Waals surface area contributed by atoms with Crippen LogP contribution < -0.4 is 11.0 Å². The molecule has 1 aliphatic heterocycles. The zero-order chi connectivity index (χ0) is 27.0. The van der Waals surface area contributed by atoms with E-state index in [9.17, 15) is 29.0 Å². The Labute approximate surface area is 211 Å². The largest absolute Gasteiger partial charge is 0.387 e. The lowest BCUT2D eigenvalue weighted by Crippen LogP contribution is -2.33. The van der Waals surface area contributed by atoms with E-state index < -0.39 is 52.2 Å². The van der Waals surface area contributed by atoms with E-state index in [0.29, 0.717) is 0 Å². The highest BCUT2D eigenvalue weighted by atomic mass is 35.5. The minimum atomic E-state index is -4.86. The number of hydrogen-bond acceptors (Lipinski definition) is 12. The van der Waals surface area contributed by atoms with Gasteiger partial charge < -0.3 is 39.1 Å². The number of anilines is 1. The van der Waals surface area contributed by atoms with Crippen LogP contribution in [0, 0.1) is 0 Å². The molecule has 200 valence electrons. The summed E-state index contributed by atoms with van der Waals surface area (Å²) in [4.78, 5) is 49.8. The fourth-order valence-electron chi connectivity index (χ4n) is 3.40. The molecule has 17 nitrogen and oxygen atoms in total. The molecule has 0 bridgehead atoms. The molecule has 4 heterocycles. The number of fused-ring (bicyclic) bond motifs is 1. The molecular weight excluding hydrogens is 560 g/mol. The second-order valence-corrected chi connectivity index (χ2v) is 12.1. The van der Waals surface area contributed by atoms with Gasteiger partial charge in [0.1, 0.15) is 18.3 Å². The maximum Gasteiger partial charge on any atom is 0.340 e. The molecule has 3 aromatic heterocycles. The van der Waals surface area contributed by atoms with E-state index in [1.165, 1.54) is 24.7 Å². The van der Waals surface area contributed by atoms with Crippen molar-refractivity contribution in [1.82, 2.24) is 24.7 Å². The molecule has 5 atom stereocenters. The average molecular weight is 580 g/mol. The number of rotatable bonds is 9. The molecule has 0 aromatic carbocycles. The van der Waals surface area contributed by atoms with Crippen LogP contribution >= 0.6 is 26.8 Å². The first-order valence-electron chi connectivity index (χ1n) is 10.2. The first-order chi connectivity index (χ1) is 17.3. The summed E-state index contributed by atoms with van der Waals surface area (Å²) in [5.41, 5.74) is 2.58. The highest BCUT2D eigenvalue weighted by Gasteiger charge is 2.46. The maximum atomic E-state index is 11.9. The van der Waals surface area contributed by atoms with Gasteiger partial charge >= 0.3 is 15.2 Å². The van der Waals surface area contributed by atoms with Crippen LogP contribution in [0.5, 0.6) is 0 Å². The fraction of sp³-hybridized carbons (Fsp3) is 0.353. The third-order valence-corrected chi connectivity index (χ3v) is 8.66. The molecular formula is C17H20ClN7O10P2. The van der Waals surface area contributed by atoms with E-state index in [2.05, 4.69) is 35.1 Å². The molecule has 0 radical (unpaired) electrons. The topological polar surface area (TPSA) is 255 Å². The summed E-state index contributed by atoms with van der Waals surface area (Å²) >= 11 is 6.02. The molecule has 7 N–H and O–H groups in total. The van der Waals surface area contributed by atoms with Crippen molar-refractivity contribution in [3.8, 4) is 0 Å². The van der Waals surface area contributed by atoms with Crippen molar-refractivity contribution >= 4 is 49.9 Å². The van der Waals surface area contributed by atoms with Crippen LogP contribution in [0.3, 0.4) is 0 Å². The summed E-state index contributed by atoms with van der Waals surface area (Å²) in [5.74, 6) is -1.33. The van der Waals surface area contributed by atoms with Gasteiger partial charge in [-0.1, -0.05) is 0 Å². The average Bonchev–Trinajstić information content (AvgIpc) is 3.33. The summed E-state index contributed by atoms with van der Waals surface area (Å²) < 4.78 is 34.2. The normalized spacial score (nSPS) is 24.1. The predicted molar refractivity (Wildman–Crippen MR) is 127 cm³/mol. The highest BCUT2D eigenvalue weighted by Crippen LogP contribution is 2.55. The van der Waals surface area contributed by atoms with Crippen molar-refractivity contribution in [2.45, 2.75) is 24.5 Å². The number of H-pyrrole nitrogens is 1. The SMILES string of the molecule is O=c1[nH]cccc1/C=N/Nc1nc(Cl)nc2c1cnn2[C@@H]1O[C@H](COP(=O)(O)CP(=O)(O)O)[C@@H](O)[C@H]1O. The Hall–Kier alpha value is -2.56. The van der Waals surface area contributed by atoms with Gasteiger partial charge in [0.2, 0.25) is 5.28 Å². The third kappa shape index (κ3) is 6.48. The monoisotopic (exact) mass is 579 g/mol. The number of nitrogens with one attached hydrogen (secondary N) is 2. The molecule has 37 heavy (non-hydrogen) atoms. The molecule has 1 saturated heterocycles. The molecule has 0 aliphatic carbocycles. The zero-order valence-electron chi connectivity index (χ0n) is 18.4. The number of hydrazone groups is 1. The van der Waals surface area contributed by atoms with Gasteiger partial charge in [-0.3, -0.25) is 19.4 Å². The summed E-state index contributed by atoms with van der Waals surface area (Å²) in [7, 11) is -9.58. The van der Waals surface area contributed by atoms with Crippen molar-refractivity contribution in [2.24, 2.45) is 5.10 Å². The lowest BCUT2D eigenvalue weighted by molar-refractivity contribution is -0.0541. The van der Waals surface area contributed by atoms with E-state index in [0.717, 1.165) is 4.68 Å². The quantitative estimate of drug-likeness (QED) is 0.0735. The second kappa shape index (κ2) is 10.7. The van der Waals surface area contributed by atoms with Gasteiger partial charge in [0.25, 0.3) is 5.56 Å². The van der Waals surface area contributed by atoms with Crippen LogP contribution in [0.2, 0.25) is 5.28 Å². The van der Waals surface area contributed by atoms with Crippen molar-refractivity contribution in [3.05, 3.63) is 45.7 Å². The smallest absolute Gasteiger partial charge is 0.340 e. The van der Waals surface area contributed by atoms with Crippen LogP contribution in [-0.2, 0) is 18.4 Å². The van der Waals surface area contributed by atoms with E-state index >= 15 is 0 Å². The zero-order valence-corrected chi connectivity index (χ0v) is 20.9. The number of ether oxygens (including phenoxy) is 1. The first kappa shape index (κ1) is 27.5. The summed E-state index contributed by atoms with van der Waals surface area (Å²) in [6, 6.07) is 3.15. The van der Waals surface area contributed by atoms with Crippen LogP contribution in [0.25, 0.3) is 11.0 Å². The van der Waals surface area contributed by atoms with E-state index in [-0.39, 0.29) is 33.3 Å². The summed E-state index contributed by atoms with van der Waals surface area (Å²) in [6.07, 6.45) is -1.93. The first-order valence-corrected chi connectivity index (χ1v) is 14.2. The third-order valence-electron chi connectivity index (χ3n) is 5.03. The lowest BCUT2D eigenvalue weighted by Gasteiger charge is -2.18. The molecule has 0 amide bonds. The Kier molecular flexibility index (Phi) is 7.92. The number of halogens is 1. The number of aromatic nitrogens is 5. The Bertz CT molecular complexity index is 1480. The number of pyridine rings is 1. The van der Waals surface area contributed by atoms with Crippen molar-refractivity contribution in [3.63, 3.8) is 0 Å². The van der Waals surface area contributed by atoms with Crippen LogP contribution in [0.1, 0.15) is 11.8 Å². The molecule has 1 unspecified atom stereocenters. The number of nitrogens with zero attached hydrogens (tertiary/aromatic N) is 5. The Morgan fingerprint density at radius 2 is 2.03 bits per heavy atom. The minimum Gasteiger partial charge on any atom is -0.387 e. The van der Waals surface area contributed by atoms with E-state index in [1.54, 1.807) is 6.07 Å². The molecule has 4 rings (SSSR count). The van der Waals surface area contributed by atoms with E-state index in [4.69, 9.17) is 26.1 Å². The van der Waals surface area contributed by atoms with Gasteiger partial charge in [0.15, 0.2) is 23.6 Å². The fourth-order valence-corrected chi connectivity index (χ4v) is 6.14.